The molecule has 0 radical (unpaired) electrons. The maximum atomic E-state index is 12.2. The highest BCUT2D eigenvalue weighted by molar-refractivity contribution is 5.92. The fraction of sp³-hybridized carbons (Fsp3) is 0.333. The zero-order valence-electron chi connectivity index (χ0n) is 16.1. The smallest absolute Gasteiger partial charge is 0.315 e. The Bertz CT molecular complexity index is 745. The lowest BCUT2D eigenvalue weighted by atomic mass is 10.0. The highest BCUT2D eigenvalue weighted by Gasteiger charge is 2.15. The number of hydrogen-bond donors (Lipinski definition) is 3. The maximum absolute atomic E-state index is 12.2. The average Bonchev–Trinajstić information content (AvgIpc) is 2.65. The molecule has 2 aromatic carbocycles. The molecule has 2 unspecified atom stereocenters. The normalized spacial score (nSPS) is 13.0. The number of amides is 3. The largest absolute Gasteiger partial charge is 0.366 e. The number of primary amides is 1. The highest BCUT2D eigenvalue weighted by atomic mass is 16.2. The quantitative estimate of drug-likeness (QED) is 0.668. The second-order valence-electron chi connectivity index (χ2n) is 6.87. The number of nitrogens with one attached hydrogen (secondary N) is 2. The summed E-state index contributed by atoms with van der Waals surface area (Å²) in [7, 11) is 3.96. The summed E-state index contributed by atoms with van der Waals surface area (Å²) in [5.74, 6) is -0.434. The van der Waals surface area contributed by atoms with Gasteiger partial charge in [0.25, 0.3) is 0 Å². The number of likely N-dealkylation sites (N-methyl/N-ethyl adjacent to an activating group) is 1. The van der Waals surface area contributed by atoms with E-state index >= 15 is 0 Å². The Morgan fingerprint density at radius 1 is 1.04 bits per heavy atom. The van der Waals surface area contributed by atoms with Gasteiger partial charge in [-0.05, 0) is 50.7 Å². The Labute approximate surface area is 160 Å². The van der Waals surface area contributed by atoms with Crippen molar-refractivity contribution in [3.05, 3.63) is 71.3 Å². The summed E-state index contributed by atoms with van der Waals surface area (Å²) in [6.45, 7) is 2.47. The molecule has 2 atom stereocenters. The molecule has 6 heteroatoms. The molecule has 144 valence electrons. The van der Waals surface area contributed by atoms with Crippen molar-refractivity contribution in [2.45, 2.75) is 25.4 Å². The summed E-state index contributed by atoms with van der Waals surface area (Å²) in [5, 5.41) is 5.90. The van der Waals surface area contributed by atoms with Gasteiger partial charge in [0.1, 0.15) is 0 Å². The number of benzene rings is 2. The van der Waals surface area contributed by atoms with E-state index in [2.05, 4.69) is 15.5 Å². The first-order valence-electron chi connectivity index (χ1n) is 9.01. The molecule has 2 rings (SSSR count). The van der Waals surface area contributed by atoms with Gasteiger partial charge >= 0.3 is 6.03 Å². The van der Waals surface area contributed by atoms with E-state index in [-0.39, 0.29) is 18.1 Å². The van der Waals surface area contributed by atoms with Crippen LogP contribution >= 0.6 is 0 Å². The molecule has 0 aliphatic heterocycles. The molecule has 0 spiro atoms. The van der Waals surface area contributed by atoms with Gasteiger partial charge in [-0.1, -0.05) is 42.5 Å². The summed E-state index contributed by atoms with van der Waals surface area (Å²) < 4.78 is 0. The standard InChI is InChI=1S/C21H28N4O2/c1-15(17-7-5-4-6-8-17)24-21(27)23-14-19(25(2)3)13-16-9-11-18(12-10-16)20(22)26/h4-12,15,19H,13-14H2,1-3H3,(H2,22,26)(H2,23,24,27). The van der Waals surface area contributed by atoms with Gasteiger partial charge in [0, 0.05) is 18.2 Å². The Morgan fingerprint density at radius 3 is 2.22 bits per heavy atom. The van der Waals surface area contributed by atoms with Gasteiger partial charge in [0.2, 0.25) is 5.91 Å². The minimum atomic E-state index is -0.434. The number of carbonyl (C=O) groups is 2. The van der Waals surface area contributed by atoms with Gasteiger partial charge in [-0.15, -0.1) is 0 Å². The van der Waals surface area contributed by atoms with Gasteiger partial charge in [0.05, 0.1) is 6.04 Å². The predicted molar refractivity (Wildman–Crippen MR) is 108 cm³/mol. The zero-order chi connectivity index (χ0) is 19.8. The third kappa shape index (κ3) is 6.42. The number of hydrogen-bond acceptors (Lipinski definition) is 3. The fourth-order valence-corrected chi connectivity index (χ4v) is 2.80. The molecule has 6 nitrogen and oxygen atoms in total. The van der Waals surface area contributed by atoms with Crippen molar-refractivity contribution in [2.75, 3.05) is 20.6 Å². The van der Waals surface area contributed by atoms with Crippen LogP contribution in [-0.2, 0) is 6.42 Å². The Hall–Kier alpha value is -2.86. The minimum Gasteiger partial charge on any atom is -0.366 e. The molecule has 0 saturated carbocycles. The molecule has 0 aliphatic rings. The Balaban J connectivity index is 1.88. The lowest BCUT2D eigenvalue weighted by molar-refractivity contribution is 0.1000. The average molecular weight is 368 g/mol. The van der Waals surface area contributed by atoms with Gasteiger partial charge < -0.3 is 21.3 Å². The lowest BCUT2D eigenvalue weighted by Crippen LogP contribution is -2.45. The summed E-state index contributed by atoms with van der Waals surface area (Å²) >= 11 is 0. The molecule has 0 heterocycles. The topological polar surface area (TPSA) is 87.5 Å². The van der Waals surface area contributed by atoms with Crippen LogP contribution in [0.15, 0.2) is 54.6 Å². The van der Waals surface area contributed by atoms with Crippen molar-refractivity contribution < 1.29 is 9.59 Å². The van der Waals surface area contributed by atoms with E-state index in [1.54, 1.807) is 12.1 Å². The van der Waals surface area contributed by atoms with E-state index < -0.39 is 5.91 Å². The van der Waals surface area contributed by atoms with Gasteiger partial charge in [0.15, 0.2) is 0 Å². The van der Waals surface area contributed by atoms with E-state index in [1.807, 2.05) is 63.5 Å². The fourth-order valence-electron chi connectivity index (χ4n) is 2.80. The molecule has 3 amide bonds. The number of carbonyl (C=O) groups excluding carboxylic acids is 2. The molecular weight excluding hydrogens is 340 g/mol. The number of nitrogens with two attached hydrogens (primary N) is 1. The van der Waals surface area contributed by atoms with Gasteiger partial charge in [-0.25, -0.2) is 4.79 Å². The van der Waals surface area contributed by atoms with Gasteiger partial charge in [-0.2, -0.15) is 0 Å². The number of urea groups is 1. The van der Waals surface area contributed by atoms with E-state index in [0.29, 0.717) is 12.1 Å². The number of nitrogens with zero attached hydrogens (tertiary/aromatic N) is 1. The van der Waals surface area contributed by atoms with Crippen LogP contribution in [0.3, 0.4) is 0 Å². The molecule has 2 aromatic rings. The van der Waals surface area contributed by atoms with E-state index in [1.165, 1.54) is 0 Å². The summed E-state index contributed by atoms with van der Waals surface area (Å²) in [4.78, 5) is 25.5. The Morgan fingerprint density at radius 2 is 1.67 bits per heavy atom. The third-order valence-corrected chi connectivity index (χ3v) is 4.59. The molecule has 0 fully saturated rings. The number of rotatable bonds is 8. The minimum absolute atomic E-state index is 0.0645. The first-order chi connectivity index (χ1) is 12.9. The second-order valence-corrected chi connectivity index (χ2v) is 6.87. The third-order valence-electron chi connectivity index (χ3n) is 4.59. The molecule has 0 saturated heterocycles. The molecular formula is C21H28N4O2. The zero-order valence-corrected chi connectivity index (χ0v) is 16.1. The second kappa shape index (κ2) is 9.73. The van der Waals surface area contributed by atoms with E-state index in [4.69, 9.17) is 5.73 Å². The van der Waals surface area contributed by atoms with Crippen molar-refractivity contribution in [3.63, 3.8) is 0 Å². The summed E-state index contributed by atoms with van der Waals surface area (Å²) in [6, 6.07) is 17.0. The van der Waals surface area contributed by atoms with Crippen LogP contribution in [0.5, 0.6) is 0 Å². The van der Waals surface area contributed by atoms with Crippen LogP contribution in [0.4, 0.5) is 4.79 Å². The lowest BCUT2D eigenvalue weighted by Gasteiger charge is -2.25. The van der Waals surface area contributed by atoms with Crippen molar-refractivity contribution in [2.24, 2.45) is 5.73 Å². The maximum Gasteiger partial charge on any atom is 0.315 e. The van der Waals surface area contributed by atoms with E-state index in [9.17, 15) is 9.59 Å². The van der Waals surface area contributed by atoms with Crippen molar-refractivity contribution >= 4 is 11.9 Å². The highest BCUT2D eigenvalue weighted by Crippen LogP contribution is 2.11. The van der Waals surface area contributed by atoms with Crippen molar-refractivity contribution in [3.8, 4) is 0 Å². The van der Waals surface area contributed by atoms with Gasteiger partial charge in [-0.3, -0.25) is 4.79 Å². The first-order valence-corrected chi connectivity index (χ1v) is 9.01. The molecule has 0 aliphatic carbocycles. The van der Waals surface area contributed by atoms with Crippen LogP contribution < -0.4 is 16.4 Å². The van der Waals surface area contributed by atoms with Crippen LogP contribution in [0.1, 0.15) is 34.5 Å². The predicted octanol–water partition coefficient (Wildman–Crippen LogP) is 2.32. The monoisotopic (exact) mass is 368 g/mol. The van der Waals surface area contributed by atoms with Crippen molar-refractivity contribution in [1.29, 1.82) is 0 Å². The first kappa shape index (κ1) is 20.5. The van der Waals surface area contributed by atoms with E-state index in [0.717, 1.165) is 17.5 Å². The molecule has 0 aromatic heterocycles. The molecule has 4 N–H and O–H groups in total. The Kier molecular flexibility index (Phi) is 7.37. The van der Waals surface area contributed by atoms with Crippen LogP contribution in [0, 0.1) is 0 Å². The van der Waals surface area contributed by atoms with Crippen LogP contribution in [0.2, 0.25) is 0 Å². The molecule has 0 bridgehead atoms. The van der Waals surface area contributed by atoms with Crippen molar-refractivity contribution in [1.82, 2.24) is 15.5 Å². The summed E-state index contributed by atoms with van der Waals surface area (Å²) in [6.07, 6.45) is 0.751. The molecule has 27 heavy (non-hydrogen) atoms. The summed E-state index contributed by atoms with van der Waals surface area (Å²) in [5.41, 5.74) is 7.91. The van der Waals surface area contributed by atoms with Crippen LogP contribution in [-0.4, -0.2) is 43.5 Å². The van der Waals surface area contributed by atoms with Crippen LogP contribution in [0.25, 0.3) is 0 Å². The SMILES string of the molecule is CC(NC(=O)NCC(Cc1ccc(C(N)=O)cc1)N(C)C)c1ccccc1.